The first kappa shape index (κ1) is 97.8. The third kappa shape index (κ3) is 21.4. The summed E-state index contributed by atoms with van der Waals surface area (Å²) in [7, 11) is -3.46. The monoisotopic (exact) mass is 2190 g/mol. The van der Waals surface area contributed by atoms with Crippen molar-refractivity contribution in [3.05, 3.63) is 265 Å². The van der Waals surface area contributed by atoms with Crippen LogP contribution in [0, 0.1) is 42.0 Å². The van der Waals surface area contributed by atoms with Crippen LogP contribution in [0.3, 0.4) is 0 Å². The van der Waals surface area contributed by atoms with Crippen LogP contribution < -0.4 is 0 Å². The SMILES string of the molecule is CCOC(=O)C1=C2CN(C(=O)C(C)C)CCN2C(c2nccs2)=N[C@H]1c1ccc(F)cc1Br.CCOC(=O)C1=C2CN(C(=O)C3CC3)CCN2C(c2nccs2)=N[C@H]1c1ccc(F)cc1Br.CCOC(=O)C1=C2CN(Cc3cc(C)on3)CCN2C(c2nccs2)=N[C@H]1c1ccc(F)cc1Br.CCOC(=O)C1=C2CN(S(=O)(=O)C3CC3)CCN2C(c2nccs2)=N[C@H]1c1ccc(F)cc1Br. The minimum absolute atomic E-state index is 0.0168. The number of ether oxygens (including phenoxy) is 4. The predicted octanol–water partition coefficient (Wildman–Crippen LogP) is 16.0. The lowest BCUT2D eigenvalue weighted by molar-refractivity contribution is -0.140. The molecule has 0 N–H and O–H groups in total. The second-order valence-corrected chi connectivity index (χ2v) is 41.7. The number of carbonyl (C=O) groups is 6. The Balaban J connectivity index is 0.000000131. The zero-order valence-electron chi connectivity index (χ0n) is 74.0. The summed E-state index contributed by atoms with van der Waals surface area (Å²) < 4.78 is 112. The van der Waals surface area contributed by atoms with E-state index in [9.17, 15) is 54.7 Å². The quantitative estimate of drug-likeness (QED) is 0.0345. The number of halogens is 8. The van der Waals surface area contributed by atoms with Gasteiger partial charge in [-0.1, -0.05) is 107 Å². The number of rotatable bonds is 22. The predicted molar refractivity (Wildman–Crippen MR) is 514 cm³/mol. The highest BCUT2D eigenvalue weighted by Gasteiger charge is 2.50. The third-order valence-electron chi connectivity index (χ3n) is 23.4. The molecule has 19 rings (SSSR count). The Morgan fingerprint density at radius 1 is 0.444 bits per heavy atom. The number of amides is 2. The van der Waals surface area contributed by atoms with E-state index >= 15 is 0 Å². The summed E-state index contributed by atoms with van der Waals surface area (Å²) >= 11 is 19.6. The van der Waals surface area contributed by atoms with Crippen LogP contribution in [0.1, 0.15) is 145 Å². The standard InChI is InChI=1S/C24H23BrFN5O3S.C23H22BrFN4O3S.C23H24BrFN4O3S.C22H22BrFN4O4S2/c1-3-33-24(32)20-19-13-30(12-16-10-14(2)34-29-16)7-8-31(19)22(23-27-6-9-35-23)28-21(20)17-5-4-15(26)11-18(17)25;1-2-32-23(31)18-17-12-28(22(30)13-3-4-13)8-9-29(17)20(21-26-7-10-33-21)27-19(18)15-6-5-14(25)11-16(15)24;1-4-32-23(31)18-17-12-28(22(30)13(2)3)8-9-29(17)20(21-26-7-10-33-21)27-19(18)15-6-5-14(25)11-16(15)24;1-2-32-22(29)18-17-12-27(34(30,31)14-4-5-14)8-9-28(17)20(21-25-7-10-33-21)26-19(18)15-6-3-13(24)11-16(15)23/h4-6,9-11,21H,3,7-8,12-13H2,1-2H3;5-7,10-11,13,19H,2-4,8-9,12H2,1H3;5-7,10-11,13,19H,4,8-9,12H2,1-3H3;3,6-7,10-11,14,19H,2,4-5,8-9,12H2,1H3/t21-;3*19-/m0000/s1. The number of aliphatic imine (C=N–C) groups is 4. The molecule has 30 nitrogen and oxygen atoms in total. The second-order valence-electron chi connectivity index (χ2n) is 32.5. The van der Waals surface area contributed by atoms with Gasteiger partial charge in [0.15, 0.2) is 43.4 Å². The molecular formula is C92H91Br4F4N17O13S5. The van der Waals surface area contributed by atoms with E-state index in [1.165, 1.54) is 98.2 Å². The fourth-order valence-corrected chi connectivity index (χ4v) is 23.5. The molecule has 9 aromatic rings. The molecule has 4 saturated heterocycles. The fraction of sp³-hybridized carbons (Fsp3) is 0.380. The lowest BCUT2D eigenvalue weighted by atomic mass is 9.93. The summed E-state index contributed by atoms with van der Waals surface area (Å²) in [6.07, 6.45) is 9.96. The average Bonchev–Trinajstić information content (AvgIpc) is 1.72. The van der Waals surface area contributed by atoms with Crippen molar-refractivity contribution in [3.63, 3.8) is 0 Å². The molecule has 43 heteroatoms. The number of sulfonamides is 1. The Labute approximate surface area is 825 Å². The van der Waals surface area contributed by atoms with Gasteiger partial charge in [-0.25, -0.2) is 65.1 Å². The van der Waals surface area contributed by atoms with Gasteiger partial charge in [-0.15, -0.1) is 45.3 Å². The number of aryl methyl sites for hydroxylation is 1. The normalized spacial score (nSPS) is 19.6. The van der Waals surface area contributed by atoms with Crippen molar-refractivity contribution in [1.29, 1.82) is 0 Å². The van der Waals surface area contributed by atoms with Crippen LogP contribution in [-0.4, -0.2) is 241 Å². The summed E-state index contributed by atoms with van der Waals surface area (Å²) in [5.41, 5.74) is 7.47. The van der Waals surface area contributed by atoms with Crippen LogP contribution >= 0.6 is 109 Å². The number of hydrogen-bond donors (Lipinski definition) is 0. The number of hydrogen-bond acceptors (Lipinski definition) is 31. The molecule has 4 aromatic carbocycles. The zero-order valence-corrected chi connectivity index (χ0v) is 84.4. The fourth-order valence-electron chi connectivity index (χ4n) is 16.9. The van der Waals surface area contributed by atoms with E-state index in [-0.39, 0.29) is 86.4 Å². The molecule has 0 radical (unpaired) electrons. The van der Waals surface area contributed by atoms with Gasteiger partial charge < -0.3 is 52.9 Å². The molecule has 10 aliphatic rings. The topological polar surface area (TPSA) is 326 Å². The molecule has 13 heterocycles. The van der Waals surface area contributed by atoms with Crippen LogP contribution in [0.5, 0.6) is 0 Å². The number of amidine groups is 4. The molecule has 8 aliphatic heterocycles. The highest BCUT2D eigenvalue weighted by molar-refractivity contribution is 9.11. The van der Waals surface area contributed by atoms with E-state index in [1.54, 1.807) is 81.6 Å². The molecule has 6 fully saturated rings. The Morgan fingerprint density at radius 3 is 1.09 bits per heavy atom. The number of esters is 4. The highest BCUT2D eigenvalue weighted by atomic mass is 79.9. The molecule has 5 aromatic heterocycles. The van der Waals surface area contributed by atoms with Crippen molar-refractivity contribution in [2.75, 3.05) is 105 Å². The van der Waals surface area contributed by atoms with Gasteiger partial charge in [-0.3, -0.25) is 34.5 Å². The maximum atomic E-state index is 13.9. The number of nitrogens with zero attached hydrogens (tertiary/aromatic N) is 17. The van der Waals surface area contributed by atoms with Crippen molar-refractivity contribution in [3.8, 4) is 0 Å². The van der Waals surface area contributed by atoms with Crippen LogP contribution in [0.15, 0.2) is 213 Å². The molecular weight excluding hydrogens is 2110 g/mol. The average molecular weight is 2200 g/mol. The zero-order chi connectivity index (χ0) is 95.4. The first-order chi connectivity index (χ1) is 65.0. The second kappa shape index (κ2) is 42.8. The smallest absolute Gasteiger partial charge is 0.338 e. The lowest BCUT2D eigenvalue weighted by Gasteiger charge is -2.43. The van der Waals surface area contributed by atoms with E-state index in [0.29, 0.717) is 179 Å². The largest absolute Gasteiger partial charge is 0.463 e. The van der Waals surface area contributed by atoms with Crippen LogP contribution in [0.4, 0.5) is 17.6 Å². The Kier molecular flexibility index (Phi) is 31.0. The summed E-state index contributed by atoms with van der Waals surface area (Å²) in [5.74, 6) is -0.244. The van der Waals surface area contributed by atoms with Crippen molar-refractivity contribution in [2.45, 2.75) is 110 Å². The van der Waals surface area contributed by atoms with Crippen molar-refractivity contribution in [1.82, 2.24) is 63.7 Å². The number of fused-ring (bicyclic) bond motifs is 4. The number of thiazole rings is 4. The van der Waals surface area contributed by atoms with Gasteiger partial charge in [-0.2, -0.15) is 4.31 Å². The molecule has 2 saturated carbocycles. The van der Waals surface area contributed by atoms with Gasteiger partial charge in [0.1, 0.15) is 53.2 Å². The molecule has 135 heavy (non-hydrogen) atoms. The lowest BCUT2D eigenvalue weighted by Crippen LogP contribution is -2.52. The van der Waals surface area contributed by atoms with Crippen molar-refractivity contribution in [2.24, 2.45) is 31.8 Å². The molecule has 0 bridgehead atoms. The van der Waals surface area contributed by atoms with Crippen LogP contribution in [0.2, 0.25) is 0 Å². The number of benzene rings is 4. The summed E-state index contributed by atoms with van der Waals surface area (Å²) in [5, 5.41) is 14.1. The molecule has 4 atom stereocenters. The van der Waals surface area contributed by atoms with Gasteiger partial charge in [0, 0.05) is 159 Å². The van der Waals surface area contributed by atoms with Gasteiger partial charge >= 0.3 is 23.9 Å². The maximum Gasteiger partial charge on any atom is 0.338 e. The minimum atomic E-state index is -3.46. The summed E-state index contributed by atoms with van der Waals surface area (Å²) in [6.45, 7) is 19.0. The van der Waals surface area contributed by atoms with E-state index in [1.807, 2.05) is 68.0 Å². The maximum absolute atomic E-state index is 13.9. The number of aromatic nitrogens is 5. The Morgan fingerprint density at radius 2 is 0.778 bits per heavy atom. The molecule has 0 spiro atoms. The van der Waals surface area contributed by atoms with Gasteiger partial charge in [0.25, 0.3) is 0 Å². The minimum Gasteiger partial charge on any atom is -0.463 e. The first-order valence-corrected chi connectivity index (χ1v) is 51.9. The number of carbonyl (C=O) groups excluding carboxylic acids is 6. The van der Waals surface area contributed by atoms with E-state index in [0.717, 1.165) is 46.6 Å². The molecule has 2 aliphatic carbocycles. The number of piperazine rings is 4. The molecule has 2 amide bonds. The van der Waals surface area contributed by atoms with Crippen LogP contribution in [-0.2, 0) is 64.3 Å². The summed E-state index contributed by atoms with van der Waals surface area (Å²) in [4.78, 5) is 130. The van der Waals surface area contributed by atoms with E-state index in [4.69, 9.17) is 43.4 Å². The Bertz CT molecular complexity index is 6240. The molecule has 0 unspecified atom stereocenters. The van der Waals surface area contributed by atoms with Crippen LogP contribution in [0.25, 0.3) is 0 Å². The third-order valence-corrected chi connectivity index (χ3v) is 31.5. The van der Waals surface area contributed by atoms with Gasteiger partial charge in [0.05, 0.1) is 90.7 Å². The van der Waals surface area contributed by atoms with E-state index < -0.39 is 75.5 Å². The Hall–Kier alpha value is -10.2. The highest BCUT2D eigenvalue weighted by Crippen LogP contribution is 2.48. The van der Waals surface area contributed by atoms with E-state index in [2.05, 4.69) is 98.6 Å². The van der Waals surface area contributed by atoms with Gasteiger partial charge in [-0.05, 0) is 131 Å². The first-order valence-electron chi connectivity index (χ1n) is 43.7. The van der Waals surface area contributed by atoms with Gasteiger partial charge in [0.2, 0.25) is 21.8 Å². The van der Waals surface area contributed by atoms with Crippen molar-refractivity contribution < 1.29 is 78.2 Å². The summed E-state index contributed by atoms with van der Waals surface area (Å²) in [6, 6.07) is 16.2. The molecule has 708 valence electrons. The van der Waals surface area contributed by atoms with Crippen molar-refractivity contribution >= 4 is 178 Å².